The molecule has 0 saturated carbocycles. The molecule has 20 heavy (non-hydrogen) atoms. The van der Waals surface area contributed by atoms with Gasteiger partial charge >= 0.3 is 0 Å². The molecule has 1 aromatic rings. The number of benzene rings is 1. The van der Waals surface area contributed by atoms with E-state index in [2.05, 4.69) is 44.3 Å². The van der Waals surface area contributed by atoms with Gasteiger partial charge in [-0.25, -0.2) is 4.39 Å². The summed E-state index contributed by atoms with van der Waals surface area (Å²) in [6, 6.07) is 4.21. The Morgan fingerprint density at radius 1 is 1.35 bits per heavy atom. The first kappa shape index (κ1) is 17.3. The molecule has 0 spiro atoms. The summed E-state index contributed by atoms with van der Waals surface area (Å²) < 4.78 is 13.9. The van der Waals surface area contributed by atoms with Crippen LogP contribution in [0.1, 0.15) is 37.9 Å². The molecule has 1 rings (SSSR count). The molecule has 2 nitrogen and oxygen atoms in total. The highest BCUT2D eigenvalue weighted by Gasteiger charge is 2.18. The van der Waals surface area contributed by atoms with E-state index >= 15 is 0 Å². The van der Waals surface area contributed by atoms with Crippen LogP contribution >= 0.6 is 11.8 Å². The van der Waals surface area contributed by atoms with Crippen molar-refractivity contribution in [3.05, 3.63) is 29.1 Å². The zero-order valence-electron chi connectivity index (χ0n) is 13.5. The molecule has 2 atom stereocenters. The first-order valence-corrected chi connectivity index (χ1v) is 8.56. The number of nitrogens with one attached hydrogen (secondary N) is 1. The summed E-state index contributed by atoms with van der Waals surface area (Å²) in [4.78, 5) is 2.26. The van der Waals surface area contributed by atoms with E-state index in [0.29, 0.717) is 11.6 Å². The van der Waals surface area contributed by atoms with E-state index < -0.39 is 0 Å². The summed E-state index contributed by atoms with van der Waals surface area (Å²) in [5.41, 5.74) is 2.86. The quantitative estimate of drug-likeness (QED) is 0.819. The van der Waals surface area contributed by atoms with Crippen molar-refractivity contribution in [2.45, 2.75) is 39.8 Å². The fraction of sp³-hybridized carbons (Fsp3) is 0.625. The molecule has 0 bridgehead atoms. The summed E-state index contributed by atoms with van der Waals surface area (Å²) in [5, 5.41) is 3.38. The average molecular weight is 298 g/mol. The maximum Gasteiger partial charge on any atom is 0.126 e. The molecule has 1 N–H and O–H groups in total. The van der Waals surface area contributed by atoms with Gasteiger partial charge in [-0.05, 0) is 56.8 Å². The maximum absolute atomic E-state index is 13.9. The number of anilines is 1. The van der Waals surface area contributed by atoms with Gasteiger partial charge in [-0.2, -0.15) is 11.8 Å². The van der Waals surface area contributed by atoms with E-state index in [0.717, 1.165) is 23.5 Å². The summed E-state index contributed by atoms with van der Waals surface area (Å²) >= 11 is 1.83. The second-order valence-electron chi connectivity index (χ2n) is 5.35. The van der Waals surface area contributed by atoms with E-state index in [9.17, 15) is 4.39 Å². The fourth-order valence-electron chi connectivity index (χ4n) is 2.34. The lowest BCUT2D eigenvalue weighted by Crippen LogP contribution is -2.33. The maximum atomic E-state index is 13.9. The fourth-order valence-corrected chi connectivity index (χ4v) is 3.05. The topological polar surface area (TPSA) is 15.3 Å². The van der Waals surface area contributed by atoms with Crippen molar-refractivity contribution in [3.63, 3.8) is 0 Å². The predicted octanol–water partition coefficient (Wildman–Crippen LogP) is 3.99. The molecule has 0 aromatic heterocycles. The van der Waals surface area contributed by atoms with Crippen molar-refractivity contribution < 1.29 is 4.39 Å². The number of halogens is 1. The lowest BCUT2D eigenvalue weighted by atomic mass is 10.0. The van der Waals surface area contributed by atoms with E-state index in [1.54, 1.807) is 6.07 Å². The van der Waals surface area contributed by atoms with E-state index in [1.807, 2.05) is 24.8 Å². The van der Waals surface area contributed by atoms with Crippen LogP contribution in [0.25, 0.3) is 0 Å². The van der Waals surface area contributed by atoms with Gasteiger partial charge in [-0.15, -0.1) is 0 Å². The Morgan fingerprint density at radius 3 is 2.55 bits per heavy atom. The first-order chi connectivity index (χ1) is 9.42. The molecule has 0 saturated heterocycles. The molecule has 0 amide bonds. The Kier molecular flexibility index (Phi) is 6.83. The standard InChI is InChI=1S/C16H27FN2S/c1-7-18-13(4)14-9-15(17)11(2)8-16(14)19(5)12(3)10-20-6/h8-9,12-13,18H,7,10H2,1-6H3. The van der Waals surface area contributed by atoms with Crippen LogP contribution in [0, 0.1) is 12.7 Å². The molecule has 2 unspecified atom stereocenters. The largest absolute Gasteiger partial charge is 0.371 e. The molecule has 4 heteroatoms. The van der Waals surface area contributed by atoms with Gasteiger partial charge < -0.3 is 10.2 Å². The Balaban J connectivity index is 3.18. The normalized spacial score (nSPS) is 14.2. The lowest BCUT2D eigenvalue weighted by Gasteiger charge is -2.31. The summed E-state index contributed by atoms with van der Waals surface area (Å²) in [6.07, 6.45) is 2.11. The molecule has 0 aliphatic rings. The van der Waals surface area contributed by atoms with Gasteiger partial charge in [0.15, 0.2) is 0 Å². The Bertz CT molecular complexity index is 437. The van der Waals surface area contributed by atoms with Crippen LogP contribution in [0.3, 0.4) is 0 Å². The molecule has 0 fully saturated rings. The highest BCUT2D eigenvalue weighted by molar-refractivity contribution is 7.98. The molecule has 0 aliphatic carbocycles. The smallest absolute Gasteiger partial charge is 0.126 e. The number of aryl methyl sites for hydroxylation is 1. The SMILES string of the molecule is CCNC(C)c1cc(F)c(C)cc1N(C)C(C)CSC. The van der Waals surface area contributed by atoms with Gasteiger partial charge in [0, 0.05) is 30.6 Å². The first-order valence-electron chi connectivity index (χ1n) is 7.17. The minimum absolute atomic E-state index is 0.126. The molecule has 114 valence electrons. The zero-order chi connectivity index (χ0) is 15.3. The second kappa shape index (κ2) is 7.89. The Labute approximate surface area is 127 Å². The van der Waals surface area contributed by atoms with Crippen LogP contribution in [0.2, 0.25) is 0 Å². The second-order valence-corrected chi connectivity index (χ2v) is 6.27. The molecule has 1 aromatic carbocycles. The van der Waals surface area contributed by atoms with E-state index in [-0.39, 0.29) is 11.9 Å². The van der Waals surface area contributed by atoms with Gasteiger partial charge in [-0.3, -0.25) is 0 Å². The van der Waals surface area contributed by atoms with Crippen molar-refractivity contribution in [2.75, 3.05) is 30.5 Å². The minimum Gasteiger partial charge on any atom is -0.371 e. The third-order valence-corrected chi connectivity index (χ3v) is 4.55. The third kappa shape index (κ3) is 4.13. The van der Waals surface area contributed by atoms with Crippen LogP contribution in [-0.4, -0.2) is 31.6 Å². The minimum atomic E-state index is -0.126. The number of rotatable bonds is 7. The Hall–Kier alpha value is -0.740. The van der Waals surface area contributed by atoms with Crippen LogP contribution in [0.5, 0.6) is 0 Å². The monoisotopic (exact) mass is 298 g/mol. The zero-order valence-corrected chi connectivity index (χ0v) is 14.3. The highest BCUT2D eigenvalue weighted by atomic mass is 32.2. The van der Waals surface area contributed by atoms with Gasteiger partial charge in [0.25, 0.3) is 0 Å². The Morgan fingerprint density at radius 2 is 2.00 bits per heavy atom. The van der Waals surface area contributed by atoms with Crippen molar-refractivity contribution in [2.24, 2.45) is 0 Å². The highest BCUT2D eigenvalue weighted by Crippen LogP contribution is 2.30. The van der Waals surface area contributed by atoms with Crippen LogP contribution in [0.15, 0.2) is 12.1 Å². The average Bonchev–Trinajstić information content (AvgIpc) is 2.41. The number of nitrogens with zero attached hydrogens (tertiary/aromatic N) is 1. The third-order valence-electron chi connectivity index (χ3n) is 3.73. The van der Waals surface area contributed by atoms with Gasteiger partial charge in [-0.1, -0.05) is 6.92 Å². The molecule has 0 radical (unpaired) electrons. The van der Waals surface area contributed by atoms with E-state index in [4.69, 9.17) is 0 Å². The lowest BCUT2D eigenvalue weighted by molar-refractivity contribution is 0.577. The van der Waals surface area contributed by atoms with Gasteiger partial charge in [0.2, 0.25) is 0 Å². The molecular formula is C16H27FN2S. The van der Waals surface area contributed by atoms with Crippen LogP contribution < -0.4 is 10.2 Å². The summed E-state index contributed by atoms with van der Waals surface area (Å²) in [5.74, 6) is 0.932. The van der Waals surface area contributed by atoms with E-state index in [1.165, 1.54) is 0 Å². The van der Waals surface area contributed by atoms with Crippen LogP contribution in [0.4, 0.5) is 10.1 Å². The molecular weight excluding hydrogens is 271 g/mol. The predicted molar refractivity (Wildman–Crippen MR) is 89.5 cm³/mol. The number of thioether (sulfide) groups is 1. The van der Waals surface area contributed by atoms with Crippen LogP contribution in [-0.2, 0) is 0 Å². The van der Waals surface area contributed by atoms with Crippen molar-refractivity contribution in [3.8, 4) is 0 Å². The van der Waals surface area contributed by atoms with Crippen molar-refractivity contribution in [1.29, 1.82) is 0 Å². The van der Waals surface area contributed by atoms with Crippen molar-refractivity contribution in [1.82, 2.24) is 5.32 Å². The van der Waals surface area contributed by atoms with Gasteiger partial charge in [0.1, 0.15) is 5.82 Å². The van der Waals surface area contributed by atoms with Gasteiger partial charge in [0.05, 0.1) is 0 Å². The molecule has 0 heterocycles. The summed E-state index contributed by atoms with van der Waals surface area (Å²) in [6.45, 7) is 9.07. The summed E-state index contributed by atoms with van der Waals surface area (Å²) in [7, 11) is 2.09. The number of hydrogen-bond donors (Lipinski definition) is 1. The number of hydrogen-bond acceptors (Lipinski definition) is 3. The van der Waals surface area contributed by atoms with Crippen molar-refractivity contribution >= 4 is 17.4 Å². The molecule has 0 aliphatic heterocycles.